The highest BCUT2D eigenvalue weighted by Crippen LogP contribution is 2.28. The lowest BCUT2D eigenvalue weighted by molar-refractivity contribution is -0.117. The molecule has 0 aliphatic heterocycles. The van der Waals surface area contributed by atoms with Crippen molar-refractivity contribution in [1.82, 2.24) is 5.32 Å². The molecule has 1 aromatic rings. The molecule has 1 aromatic carbocycles. The molecule has 5 nitrogen and oxygen atoms in total. The van der Waals surface area contributed by atoms with Gasteiger partial charge < -0.3 is 19.9 Å². The Bertz CT molecular complexity index is 471. The summed E-state index contributed by atoms with van der Waals surface area (Å²) in [5.41, 5.74) is 0.834. The summed E-state index contributed by atoms with van der Waals surface area (Å²) in [6.07, 6.45) is 3.10. The van der Waals surface area contributed by atoms with Crippen LogP contribution in [0, 0.1) is 0 Å². The molecule has 0 saturated carbocycles. The maximum atomic E-state index is 11.6. The molecule has 20 heavy (non-hydrogen) atoms. The SMILES string of the molecule is CCOc1cc(/C=C/C(=O)NC(C)CO)ccc1OC. The number of ether oxygens (including phenoxy) is 2. The largest absolute Gasteiger partial charge is 0.493 e. The highest BCUT2D eigenvalue weighted by atomic mass is 16.5. The van der Waals surface area contributed by atoms with E-state index in [-0.39, 0.29) is 18.6 Å². The molecule has 0 fully saturated rings. The number of carbonyl (C=O) groups is 1. The van der Waals surface area contributed by atoms with E-state index in [1.807, 2.05) is 19.1 Å². The molecule has 0 bridgehead atoms. The van der Waals surface area contributed by atoms with Crippen molar-refractivity contribution in [2.24, 2.45) is 0 Å². The number of rotatable bonds is 7. The summed E-state index contributed by atoms with van der Waals surface area (Å²) in [6.45, 7) is 4.08. The van der Waals surface area contributed by atoms with Gasteiger partial charge in [0.25, 0.3) is 0 Å². The monoisotopic (exact) mass is 279 g/mol. The van der Waals surface area contributed by atoms with Crippen LogP contribution in [0.3, 0.4) is 0 Å². The van der Waals surface area contributed by atoms with E-state index in [2.05, 4.69) is 5.32 Å². The van der Waals surface area contributed by atoms with Crippen LogP contribution in [0.2, 0.25) is 0 Å². The van der Waals surface area contributed by atoms with Gasteiger partial charge in [0, 0.05) is 12.1 Å². The summed E-state index contributed by atoms with van der Waals surface area (Å²) < 4.78 is 10.7. The van der Waals surface area contributed by atoms with Crippen molar-refractivity contribution in [1.29, 1.82) is 0 Å². The molecule has 110 valence electrons. The maximum absolute atomic E-state index is 11.6. The number of aliphatic hydroxyl groups excluding tert-OH is 1. The van der Waals surface area contributed by atoms with Gasteiger partial charge in [-0.1, -0.05) is 6.07 Å². The normalized spacial score (nSPS) is 12.2. The molecule has 1 unspecified atom stereocenters. The average molecular weight is 279 g/mol. The van der Waals surface area contributed by atoms with Crippen molar-refractivity contribution in [3.05, 3.63) is 29.8 Å². The Hall–Kier alpha value is -2.01. The summed E-state index contributed by atoms with van der Waals surface area (Å²) in [5.74, 6) is 1.05. The van der Waals surface area contributed by atoms with Crippen LogP contribution in [-0.4, -0.2) is 37.4 Å². The number of aliphatic hydroxyl groups is 1. The van der Waals surface area contributed by atoms with E-state index in [0.29, 0.717) is 18.1 Å². The van der Waals surface area contributed by atoms with Crippen molar-refractivity contribution in [2.45, 2.75) is 19.9 Å². The lowest BCUT2D eigenvalue weighted by atomic mass is 10.2. The summed E-state index contributed by atoms with van der Waals surface area (Å²) in [4.78, 5) is 11.6. The van der Waals surface area contributed by atoms with Crippen LogP contribution in [0.4, 0.5) is 0 Å². The van der Waals surface area contributed by atoms with Gasteiger partial charge in [-0.25, -0.2) is 0 Å². The zero-order chi connectivity index (χ0) is 15.0. The Morgan fingerprint density at radius 3 is 2.80 bits per heavy atom. The van der Waals surface area contributed by atoms with E-state index in [4.69, 9.17) is 14.6 Å². The molecule has 1 atom stereocenters. The molecular formula is C15H21NO4. The van der Waals surface area contributed by atoms with Gasteiger partial charge in [0.15, 0.2) is 11.5 Å². The summed E-state index contributed by atoms with van der Waals surface area (Å²) in [5, 5.41) is 11.5. The maximum Gasteiger partial charge on any atom is 0.244 e. The fourth-order valence-corrected chi connectivity index (χ4v) is 1.57. The number of nitrogens with one attached hydrogen (secondary N) is 1. The first-order valence-electron chi connectivity index (χ1n) is 6.51. The van der Waals surface area contributed by atoms with Crippen molar-refractivity contribution in [2.75, 3.05) is 20.3 Å². The minimum atomic E-state index is -0.262. The standard InChI is InChI=1S/C15H21NO4/c1-4-20-14-9-12(5-7-13(14)19-3)6-8-15(18)16-11(2)10-17/h5-9,11,17H,4,10H2,1-3H3,(H,16,18)/b8-6+. The third kappa shape index (κ3) is 4.93. The van der Waals surface area contributed by atoms with Crippen LogP contribution in [0.1, 0.15) is 19.4 Å². The van der Waals surface area contributed by atoms with E-state index in [1.54, 1.807) is 26.2 Å². The fraction of sp³-hybridized carbons (Fsp3) is 0.400. The molecule has 0 radical (unpaired) electrons. The van der Waals surface area contributed by atoms with Crippen molar-refractivity contribution < 1.29 is 19.4 Å². The fourth-order valence-electron chi connectivity index (χ4n) is 1.57. The van der Waals surface area contributed by atoms with Gasteiger partial charge in [-0.3, -0.25) is 4.79 Å². The second-order valence-corrected chi connectivity index (χ2v) is 4.27. The van der Waals surface area contributed by atoms with Gasteiger partial charge >= 0.3 is 0 Å². The lowest BCUT2D eigenvalue weighted by Gasteiger charge is -2.10. The Morgan fingerprint density at radius 1 is 1.45 bits per heavy atom. The zero-order valence-electron chi connectivity index (χ0n) is 12.1. The Balaban J connectivity index is 2.77. The van der Waals surface area contributed by atoms with Crippen LogP contribution < -0.4 is 14.8 Å². The molecule has 2 N–H and O–H groups in total. The molecular weight excluding hydrogens is 258 g/mol. The van der Waals surface area contributed by atoms with Gasteiger partial charge in [-0.2, -0.15) is 0 Å². The number of benzene rings is 1. The predicted octanol–water partition coefficient (Wildman–Crippen LogP) is 1.60. The van der Waals surface area contributed by atoms with Crippen molar-refractivity contribution >= 4 is 12.0 Å². The van der Waals surface area contributed by atoms with E-state index in [1.165, 1.54) is 6.08 Å². The second-order valence-electron chi connectivity index (χ2n) is 4.27. The summed E-state index contributed by atoms with van der Waals surface area (Å²) >= 11 is 0. The van der Waals surface area contributed by atoms with E-state index >= 15 is 0 Å². The van der Waals surface area contributed by atoms with E-state index < -0.39 is 0 Å². The first-order valence-corrected chi connectivity index (χ1v) is 6.51. The van der Waals surface area contributed by atoms with Gasteiger partial charge in [0.2, 0.25) is 5.91 Å². The first-order chi connectivity index (χ1) is 9.60. The second kappa shape index (κ2) is 8.22. The Morgan fingerprint density at radius 2 is 2.20 bits per heavy atom. The quantitative estimate of drug-likeness (QED) is 0.744. The minimum absolute atomic E-state index is 0.0867. The summed E-state index contributed by atoms with van der Waals surface area (Å²) in [6, 6.07) is 5.17. The number of amides is 1. The van der Waals surface area contributed by atoms with Crippen molar-refractivity contribution in [3.8, 4) is 11.5 Å². The van der Waals surface area contributed by atoms with E-state index in [0.717, 1.165) is 5.56 Å². The third-order valence-electron chi connectivity index (χ3n) is 2.58. The molecule has 0 saturated heterocycles. The van der Waals surface area contributed by atoms with Crippen LogP contribution in [0.25, 0.3) is 6.08 Å². The minimum Gasteiger partial charge on any atom is -0.493 e. The van der Waals surface area contributed by atoms with Crippen LogP contribution in [0.15, 0.2) is 24.3 Å². The van der Waals surface area contributed by atoms with Gasteiger partial charge in [-0.15, -0.1) is 0 Å². The number of hydrogen-bond acceptors (Lipinski definition) is 4. The first kappa shape index (κ1) is 16.0. The lowest BCUT2D eigenvalue weighted by Crippen LogP contribution is -2.33. The van der Waals surface area contributed by atoms with Gasteiger partial charge in [0.1, 0.15) is 0 Å². The molecule has 0 aromatic heterocycles. The number of methoxy groups -OCH3 is 1. The number of hydrogen-bond donors (Lipinski definition) is 2. The molecule has 1 amide bonds. The smallest absolute Gasteiger partial charge is 0.244 e. The summed E-state index contributed by atoms with van der Waals surface area (Å²) in [7, 11) is 1.58. The molecule has 0 aliphatic rings. The van der Waals surface area contributed by atoms with Crippen LogP contribution in [0.5, 0.6) is 11.5 Å². The molecule has 1 rings (SSSR count). The molecule has 0 aliphatic carbocycles. The van der Waals surface area contributed by atoms with Gasteiger partial charge in [0.05, 0.1) is 20.3 Å². The van der Waals surface area contributed by atoms with Crippen molar-refractivity contribution in [3.63, 3.8) is 0 Å². The van der Waals surface area contributed by atoms with E-state index in [9.17, 15) is 4.79 Å². The average Bonchev–Trinajstić information content (AvgIpc) is 2.45. The predicted molar refractivity (Wildman–Crippen MR) is 77.9 cm³/mol. The van der Waals surface area contributed by atoms with Gasteiger partial charge in [-0.05, 0) is 37.6 Å². The third-order valence-corrected chi connectivity index (χ3v) is 2.58. The van der Waals surface area contributed by atoms with Crippen LogP contribution in [-0.2, 0) is 4.79 Å². The zero-order valence-corrected chi connectivity index (χ0v) is 12.1. The highest BCUT2D eigenvalue weighted by Gasteiger charge is 2.05. The topological polar surface area (TPSA) is 67.8 Å². The Kier molecular flexibility index (Phi) is 6.59. The highest BCUT2D eigenvalue weighted by molar-refractivity contribution is 5.92. The van der Waals surface area contributed by atoms with Crippen LogP contribution >= 0.6 is 0 Å². The molecule has 5 heteroatoms. The molecule has 0 spiro atoms. The Labute approximate surface area is 119 Å². The molecule has 0 heterocycles. The number of carbonyl (C=O) groups excluding carboxylic acids is 1.